The minimum atomic E-state index is 0. The Morgan fingerprint density at radius 2 is 0.968 bits per heavy atom. The summed E-state index contributed by atoms with van der Waals surface area (Å²) in [6.45, 7) is 22.7. The number of nitrogens with zero attached hydrogens (tertiary/aromatic N) is 3. The van der Waals surface area contributed by atoms with Gasteiger partial charge in [-0.2, -0.15) is 0 Å². The number of quaternary nitrogens is 1. The molecule has 0 atom stereocenters. The fourth-order valence-corrected chi connectivity index (χ4v) is 3.91. The normalized spacial score (nSPS) is 11.9. The van der Waals surface area contributed by atoms with Gasteiger partial charge < -0.3 is 10.0 Å². The fraction of sp³-hybridized carbons (Fsp3) is 0.963. The maximum absolute atomic E-state index is 8.93. The third kappa shape index (κ3) is 15.8. The maximum atomic E-state index is 8.93. The van der Waals surface area contributed by atoms with Crippen LogP contribution in [0.25, 0.3) is 0 Å². The fourth-order valence-electron chi connectivity index (χ4n) is 3.91. The summed E-state index contributed by atoms with van der Waals surface area (Å²) in [5.41, 5.74) is 0. The van der Waals surface area contributed by atoms with Gasteiger partial charge in [0.05, 0.1) is 19.6 Å². The van der Waals surface area contributed by atoms with Crippen molar-refractivity contribution in [1.29, 1.82) is 0 Å². The van der Waals surface area contributed by atoms with Crippen molar-refractivity contribution in [2.75, 3.05) is 45.9 Å². The summed E-state index contributed by atoms with van der Waals surface area (Å²) in [6.07, 6.45) is 15.3. The van der Waals surface area contributed by atoms with Crippen molar-refractivity contribution in [1.82, 2.24) is 4.90 Å². The van der Waals surface area contributed by atoms with Gasteiger partial charge in [-0.3, -0.25) is 4.48 Å². The molecule has 0 aliphatic carbocycles. The second kappa shape index (κ2) is 24.0. The zero-order chi connectivity index (χ0) is 23.8. The molecule has 0 bridgehead atoms. The van der Waals surface area contributed by atoms with Crippen LogP contribution in [-0.4, -0.2) is 61.2 Å². The molecule has 0 aromatic carbocycles. The van der Waals surface area contributed by atoms with E-state index in [4.69, 9.17) is 10.1 Å². The van der Waals surface area contributed by atoms with Gasteiger partial charge in [-0.05, 0) is 38.5 Å². The van der Waals surface area contributed by atoms with Gasteiger partial charge in [0.2, 0.25) is 0 Å². The number of guanidine groups is 1. The van der Waals surface area contributed by atoms with Gasteiger partial charge in [-0.15, -0.1) is 6.61 Å². The Labute approximate surface area is 197 Å². The molecular formula is C27H59N3O. The van der Waals surface area contributed by atoms with E-state index in [0.29, 0.717) is 0 Å². The SMILES string of the molecule is CCCCN=C(N(CCCC)CCCC)[N+](CCCC)(CCCC)CCCC.CC[O-]. The van der Waals surface area contributed by atoms with Gasteiger partial charge in [0.25, 0.3) is 5.96 Å². The summed E-state index contributed by atoms with van der Waals surface area (Å²) in [4.78, 5) is 8.08. The molecule has 0 aliphatic rings. The van der Waals surface area contributed by atoms with E-state index in [1.807, 2.05) is 0 Å². The molecule has 0 fully saturated rings. The predicted octanol–water partition coefficient (Wildman–Crippen LogP) is 6.63. The molecule has 4 nitrogen and oxygen atoms in total. The summed E-state index contributed by atoms with van der Waals surface area (Å²) >= 11 is 0. The van der Waals surface area contributed by atoms with Crippen LogP contribution in [0.5, 0.6) is 0 Å². The minimum Gasteiger partial charge on any atom is -0.855 e. The van der Waals surface area contributed by atoms with E-state index in [2.05, 4.69) is 46.4 Å². The van der Waals surface area contributed by atoms with Crippen LogP contribution in [0.1, 0.15) is 126 Å². The molecule has 0 amide bonds. The van der Waals surface area contributed by atoms with Gasteiger partial charge in [0, 0.05) is 19.6 Å². The smallest absolute Gasteiger partial charge is 0.300 e. The summed E-state index contributed by atoms with van der Waals surface area (Å²) < 4.78 is 1.15. The molecule has 0 heterocycles. The lowest BCUT2D eigenvalue weighted by Crippen LogP contribution is -2.61. The molecule has 0 spiro atoms. The van der Waals surface area contributed by atoms with Crippen LogP contribution >= 0.6 is 0 Å². The maximum Gasteiger partial charge on any atom is 0.300 e. The first-order chi connectivity index (χ1) is 15.1. The standard InChI is InChI=1S/C25H54N3.C2H5O/c1-7-13-19-26-25(27(20-14-8-2)21-15-9-3)28(22-16-10-4,23-17-11-5)24-18-12-6;1-2-3/h7-24H2,1-6H3;2H2,1H3/q+1;-1. The van der Waals surface area contributed by atoms with E-state index in [0.717, 1.165) is 11.0 Å². The highest BCUT2D eigenvalue weighted by atomic mass is 16.2. The van der Waals surface area contributed by atoms with E-state index in [1.165, 1.54) is 116 Å². The molecule has 0 rings (SSSR count). The molecule has 0 aromatic rings. The monoisotopic (exact) mass is 441 g/mol. The molecule has 0 N–H and O–H groups in total. The Balaban J connectivity index is 0. The molecule has 0 unspecified atom stereocenters. The van der Waals surface area contributed by atoms with Gasteiger partial charge in [0.1, 0.15) is 0 Å². The van der Waals surface area contributed by atoms with Crippen molar-refractivity contribution in [3.05, 3.63) is 0 Å². The van der Waals surface area contributed by atoms with Gasteiger partial charge in [0.15, 0.2) is 0 Å². The Bertz CT molecular complexity index is 355. The van der Waals surface area contributed by atoms with Crippen LogP contribution in [0.3, 0.4) is 0 Å². The lowest BCUT2D eigenvalue weighted by molar-refractivity contribution is -0.848. The molecule has 0 saturated carbocycles. The lowest BCUT2D eigenvalue weighted by Gasteiger charge is -2.43. The zero-order valence-corrected chi connectivity index (χ0v) is 22.7. The van der Waals surface area contributed by atoms with Crippen LogP contribution in [0.15, 0.2) is 4.99 Å². The average molecular weight is 442 g/mol. The minimum absolute atomic E-state index is 0. The Kier molecular flexibility index (Phi) is 25.3. The molecule has 0 aliphatic heterocycles. The van der Waals surface area contributed by atoms with Crippen LogP contribution in [0.2, 0.25) is 0 Å². The second-order valence-corrected chi connectivity index (χ2v) is 8.89. The second-order valence-electron chi connectivity index (χ2n) is 8.89. The highest BCUT2D eigenvalue weighted by molar-refractivity contribution is 5.73. The number of hydrogen-bond acceptors (Lipinski definition) is 2. The van der Waals surface area contributed by atoms with E-state index in [9.17, 15) is 0 Å². The quantitative estimate of drug-likeness (QED) is 0.104. The van der Waals surface area contributed by atoms with Crippen LogP contribution in [0.4, 0.5) is 0 Å². The van der Waals surface area contributed by atoms with E-state index in [1.54, 1.807) is 6.92 Å². The molecule has 0 radical (unpaired) electrons. The van der Waals surface area contributed by atoms with Crippen molar-refractivity contribution < 1.29 is 9.59 Å². The zero-order valence-electron chi connectivity index (χ0n) is 22.7. The highest BCUT2D eigenvalue weighted by Crippen LogP contribution is 2.20. The van der Waals surface area contributed by atoms with Gasteiger partial charge >= 0.3 is 0 Å². The summed E-state index contributed by atoms with van der Waals surface area (Å²) in [5, 5.41) is 8.93. The van der Waals surface area contributed by atoms with Crippen molar-refractivity contribution in [3.63, 3.8) is 0 Å². The van der Waals surface area contributed by atoms with Crippen LogP contribution in [0, 0.1) is 0 Å². The molecule has 4 heteroatoms. The first-order valence-electron chi connectivity index (χ1n) is 13.8. The van der Waals surface area contributed by atoms with Gasteiger partial charge in [-0.1, -0.05) is 87.0 Å². The van der Waals surface area contributed by atoms with Crippen LogP contribution in [-0.2, 0) is 0 Å². The highest BCUT2D eigenvalue weighted by Gasteiger charge is 2.36. The third-order valence-corrected chi connectivity index (χ3v) is 5.85. The predicted molar refractivity (Wildman–Crippen MR) is 139 cm³/mol. The average Bonchev–Trinajstić information content (AvgIpc) is 2.78. The van der Waals surface area contributed by atoms with E-state index < -0.39 is 0 Å². The number of unbranched alkanes of at least 4 members (excludes halogenated alkanes) is 6. The molecule has 31 heavy (non-hydrogen) atoms. The summed E-state index contributed by atoms with van der Waals surface area (Å²) in [6, 6.07) is 0. The van der Waals surface area contributed by atoms with Crippen molar-refractivity contribution >= 4 is 5.96 Å². The van der Waals surface area contributed by atoms with Gasteiger partial charge in [-0.25, -0.2) is 4.99 Å². The van der Waals surface area contributed by atoms with Crippen molar-refractivity contribution in [2.45, 2.75) is 126 Å². The topological polar surface area (TPSA) is 38.7 Å². The number of rotatable bonds is 18. The molecule has 0 saturated heterocycles. The first kappa shape index (κ1) is 32.6. The molecular weight excluding hydrogens is 382 g/mol. The number of hydrogen-bond donors (Lipinski definition) is 0. The largest absolute Gasteiger partial charge is 0.855 e. The lowest BCUT2D eigenvalue weighted by atomic mass is 10.1. The van der Waals surface area contributed by atoms with E-state index in [-0.39, 0.29) is 6.61 Å². The van der Waals surface area contributed by atoms with Crippen LogP contribution < -0.4 is 5.11 Å². The molecule has 188 valence electrons. The Morgan fingerprint density at radius 3 is 1.29 bits per heavy atom. The van der Waals surface area contributed by atoms with Crippen molar-refractivity contribution in [3.8, 4) is 0 Å². The first-order valence-corrected chi connectivity index (χ1v) is 13.8. The Morgan fingerprint density at radius 1 is 0.613 bits per heavy atom. The third-order valence-electron chi connectivity index (χ3n) is 5.85. The Hall–Kier alpha value is -0.610. The van der Waals surface area contributed by atoms with E-state index >= 15 is 0 Å². The summed E-state index contributed by atoms with van der Waals surface area (Å²) in [7, 11) is 0. The number of aliphatic imine (C=N–C) groups is 1. The molecule has 0 aromatic heterocycles. The summed E-state index contributed by atoms with van der Waals surface area (Å²) in [5.74, 6) is 1.45. The van der Waals surface area contributed by atoms with Crippen molar-refractivity contribution in [2.24, 2.45) is 4.99 Å².